The molecule has 0 radical (unpaired) electrons. The largest absolute Gasteiger partial charge is 0.395 e. The van der Waals surface area contributed by atoms with Gasteiger partial charge in [-0.05, 0) is 42.5 Å². The average Bonchev–Trinajstić information content (AvgIpc) is 3.33. The lowest BCUT2D eigenvalue weighted by molar-refractivity contribution is -0.111. The molecule has 5 rings (SSSR count). The van der Waals surface area contributed by atoms with Crippen molar-refractivity contribution in [1.82, 2.24) is 25.1 Å². The predicted octanol–water partition coefficient (Wildman–Crippen LogP) is 3.00. The van der Waals surface area contributed by atoms with Gasteiger partial charge in [-0.2, -0.15) is 5.10 Å². The molecule has 1 aliphatic rings. The third-order valence-electron chi connectivity index (χ3n) is 6.17. The fraction of sp³-hybridized carbons (Fsp3) is 0.231. The van der Waals surface area contributed by atoms with E-state index in [4.69, 9.17) is 10.1 Å². The third kappa shape index (κ3) is 5.19. The van der Waals surface area contributed by atoms with Crippen molar-refractivity contribution in [3.63, 3.8) is 0 Å². The number of hydrogen-bond acceptors (Lipinski definition) is 8. The number of aromatic amines is 1. The van der Waals surface area contributed by atoms with Crippen LogP contribution in [0, 0.1) is 0 Å². The van der Waals surface area contributed by atoms with Crippen molar-refractivity contribution in [2.24, 2.45) is 0 Å². The zero-order valence-electron chi connectivity index (χ0n) is 19.8. The van der Waals surface area contributed by atoms with E-state index in [1.165, 1.54) is 11.8 Å². The van der Waals surface area contributed by atoms with Gasteiger partial charge in [0.25, 0.3) is 0 Å². The van der Waals surface area contributed by atoms with Gasteiger partial charge < -0.3 is 20.6 Å². The number of aliphatic hydroxyl groups is 1. The van der Waals surface area contributed by atoms with Crippen LogP contribution in [-0.2, 0) is 4.79 Å². The summed E-state index contributed by atoms with van der Waals surface area (Å²) in [6.45, 7) is 8.20. The fourth-order valence-corrected chi connectivity index (χ4v) is 4.27. The maximum Gasteiger partial charge on any atom is 0.247 e. The molecule has 0 atom stereocenters. The molecule has 36 heavy (non-hydrogen) atoms. The molecule has 10 nitrogen and oxygen atoms in total. The molecule has 1 fully saturated rings. The number of piperazine rings is 1. The van der Waals surface area contributed by atoms with E-state index >= 15 is 0 Å². The van der Waals surface area contributed by atoms with Crippen LogP contribution in [0.25, 0.3) is 22.3 Å². The monoisotopic (exact) mass is 484 g/mol. The predicted molar refractivity (Wildman–Crippen MR) is 141 cm³/mol. The Kier molecular flexibility index (Phi) is 6.87. The second kappa shape index (κ2) is 10.5. The molecule has 1 amide bonds. The molecule has 184 valence electrons. The standard InChI is InChI=1S/C26H28N8O2/c1-2-23(36)28-20-5-3-4-18(16-20)24-25-22(31-32-24)17-27-26(30-25)29-19-6-8-21(9-7-19)34-12-10-33(11-13-34)14-15-35/h2-9,16-17,35H,1,10-15H2,(H,28,36)(H,31,32)(H,27,29,30). The number of aromatic nitrogens is 4. The van der Waals surface area contributed by atoms with Crippen LogP contribution in [0.2, 0.25) is 0 Å². The number of nitrogens with zero attached hydrogens (tertiary/aromatic N) is 5. The van der Waals surface area contributed by atoms with Gasteiger partial charge >= 0.3 is 0 Å². The average molecular weight is 485 g/mol. The Bertz CT molecular complexity index is 1360. The van der Waals surface area contributed by atoms with Gasteiger partial charge in [0.2, 0.25) is 11.9 Å². The quantitative estimate of drug-likeness (QED) is 0.282. The van der Waals surface area contributed by atoms with Gasteiger partial charge in [0.1, 0.15) is 16.7 Å². The highest BCUT2D eigenvalue weighted by Crippen LogP contribution is 2.28. The van der Waals surface area contributed by atoms with Gasteiger partial charge in [-0.1, -0.05) is 18.7 Å². The highest BCUT2D eigenvalue weighted by Gasteiger charge is 2.17. The summed E-state index contributed by atoms with van der Waals surface area (Å²) >= 11 is 0. The SMILES string of the molecule is C=CC(=O)Nc1cccc(-c2n[nH]c3cnc(Nc4ccc(N5CCN(CCO)CC5)cc4)nc23)c1. The third-order valence-corrected chi connectivity index (χ3v) is 6.17. The summed E-state index contributed by atoms with van der Waals surface area (Å²) in [5, 5.41) is 22.6. The fourth-order valence-electron chi connectivity index (χ4n) is 4.27. The van der Waals surface area contributed by atoms with Crippen molar-refractivity contribution in [3.8, 4) is 11.3 Å². The number of amides is 1. The lowest BCUT2D eigenvalue weighted by atomic mass is 10.1. The Morgan fingerprint density at radius 2 is 1.92 bits per heavy atom. The van der Waals surface area contributed by atoms with Crippen LogP contribution in [0.4, 0.5) is 23.0 Å². The van der Waals surface area contributed by atoms with Crippen LogP contribution in [-0.4, -0.2) is 75.4 Å². The number of carbonyl (C=O) groups excluding carboxylic acids is 1. The number of H-pyrrole nitrogens is 1. The normalized spacial score (nSPS) is 14.1. The lowest BCUT2D eigenvalue weighted by Crippen LogP contribution is -2.47. The number of anilines is 4. The van der Waals surface area contributed by atoms with E-state index < -0.39 is 0 Å². The molecule has 0 saturated carbocycles. The van der Waals surface area contributed by atoms with E-state index in [0.29, 0.717) is 28.4 Å². The van der Waals surface area contributed by atoms with E-state index in [2.05, 4.69) is 54.3 Å². The second-order valence-corrected chi connectivity index (χ2v) is 8.53. The molecule has 1 aliphatic heterocycles. The van der Waals surface area contributed by atoms with Gasteiger partial charge in [0.15, 0.2) is 0 Å². The van der Waals surface area contributed by atoms with Gasteiger partial charge in [0.05, 0.1) is 12.8 Å². The topological polar surface area (TPSA) is 122 Å². The highest BCUT2D eigenvalue weighted by molar-refractivity contribution is 5.99. The summed E-state index contributed by atoms with van der Waals surface area (Å²) in [6.07, 6.45) is 2.93. The Hall–Kier alpha value is -4.28. The zero-order valence-corrected chi connectivity index (χ0v) is 19.8. The van der Waals surface area contributed by atoms with Crippen molar-refractivity contribution in [3.05, 3.63) is 67.4 Å². The number of aliphatic hydroxyl groups excluding tert-OH is 1. The number of fused-ring (bicyclic) bond motifs is 1. The number of rotatable bonds is 8. The lowest BCUT2D eigenvalue weighted by Gasteiger charge is -2.35. The van der Waals surface area contributed by atoms with Crippen LogP contribution in [0.5, 0.6) is 0 Å². The van der Waals surface area contributed by atoms with E-state index in [0.717, 1.165) is 44.0 Å². The van der Waals surface area contributed by atoms with E-state index in [1.54, 1.807) is 12.3 Å². The molecule has 3 heterocycles. The van der Waals surface area contributed by atoms with Crippen LogP contribution in [0.3, 0.4) is 0 Å². The number of benzene rings is 2. The van der Waals surface area contributed by atoms with Crippen LogP contribution in [0.1, 0.15) is 0 Å². The smallest absolute Gasteiger partial charge is 0.247 e. The van der Waals surface area contributed by atoms with Crippen molar-refractivity contribution in [2.75, 3.05) is 54.9 Å². The molecule has 4 aromatic rings. The molecule has 2 aromatic carbocycles. The maximum atomic E-state index is 11.7. The van der Waals surface area contributed by atoms with E-state index in [1.807, 2.05) is 30.3 Å². The van der Waals surface area contributed by atoms with Crippen LogP contribution in [0.15, 0.2) is 67.4 Å². The highest BCUT2D eigenvalue weighted by atomic mass is 16.3. The zero-order chi connectivity index (χ0) is 24.9. The van der Waals surface area contributed by atoms with Crippen molar-refractivity contribution in [1.29, 1.82) is 0 Å². The summed E-state index contributed by atoms with van der Waals surface area (Å²) in [4.78, 5) is 25.4. The van der Waals surface area contributed by atoms with Gasteiger partial charge in [-0.15, -0.1) is 0 Å². The van der Waals surface area contributed by atoms with Crippen LogP contribution < -0.4 is 15.5 Å². The van der Waals surface area contributed by atoms with Crippen molar-refractivity contribution < 1.29 is 9.90 Å². The molecule has 10 heteroatoms. The first-order valence-electron chi connectivity index (χ1n) is 11.8. The number of β-amino-alcohol motifs (C(OH)–C–C–N with tert-alkyl or cyclic N) is 1. The first kappa shape index (κ1) is 23.5. The van der Waals surface area contributed by atoms with Crippen molar-refractivity contribution >= 4 is 40.0 Å². The van der Waals surface area contributed by atoms with Crippen LogP contribution >= 0.6 is 0 Å². The maximum absolute atomic E-state index is 11.7. The Morgan fingerprint density at radius 1 is 1.11 bits per heavy atom. The summed E-state index contributed by atoms with van der Waals surface area (Å²) in [5.41, 5.74) is 5.58. The summed E-state index contributed by atoms with van der Waals surface area (Å²) in [5.74, 6) is 0.189. The van der Waals surface area contributed by atoms with Gasteiger partial charge in [-0.3, -0.25) is 14.8 Å². The minimum atomic E-state index is -0.275. The number of carbonyl (C=O) groups is 1. The number of nitrogens with one attached hydrogen (secondary N) is 3. The second-order valence-electron chi connectivity index (χ2n) is 8.53. The van der Waals surface area contributed by atoms with Gasteiger partial charge in [0, 0.05) is 55.3 Å². The molecule has 0 bridgehead atoms. The molecule has 0 aliphatic carbocycles. The molecular weight excluding hydrogens is 456 g/mol. The summed E-state index contributed by atoms with van der Waals surface area (Å²) < 4.78 is 0. The minimum absolute atomic E-state index is 0.203. The Balaban J connectivity index is 1.31. The molecule has 0 unspecified atom stereocenters. The summed E-state index contributed by atoms with van der Waals surface area (Å²) in [7, 11) is 0. The minimum Gasteiger partial charge on any atom is -0.395 e. The first-order chi connectivity index (χ1) is 17.6. The summed E-state index contributed by atoms with van der Waals surface area (Å²) in [6, 6.07) is 15.6. The Labute approximate surface area is 208 Å². The molecule has 4 N–H and O–H groups in total. The van der Waals surface area contributed by atoms with E-state index in [-0.39, 0.29) is 12.5 Å². The van der Waals surface area contributed by atoms with E-state index in [9.17, 15) is 4.79 Å². The molecule has 1 saturated heterocycles. The molecule has 0 spiro atoms. The molecule has 2 aromatic heterocycles. The van der Waals surface area contributed by atoms with Crippen molar-refractivity contribution in [2.45, 2.75) is 0 Å². The Morgan fingerprint density at radius 3 is 2.67 bits per heavy atom. The van der Waals surface area contributed by atoms with Gasteiger partial charge in [-0.25, -0.2) is 9.97 Å². The number of hydrogen-bond donors (Lipinski definition) is 4. The molecular formula is C26H28N8O2. The first-order valence-corrected chi connectivity index (χ1v) is 11.8.